The van der Waals surface area contributed by atoms with Gasteiger partial charge in [-0.3, -0.25) is 0 Å². The van der Waals surface area contributed by atoms with E-state index in [9.17, 15) is 8.42 Å². The molecule has 0 unspecified atom stereocenters. The Bertz CT molecular complexity index is 538. The van der Waals surface area contributed by atoms with Gasteiger partial charge < -0.3 is 11.1 Å². The van der Waals surface area contributed by atoms with Crippen LogP contribution < -0.4 is 15.8 Å². The third kappa shape index (κ3) is 5.18. The number of nitrogens with two attached hydrogens (primary N) is 1. The maximum absolute atomic E-state index is 11.8. The molecule has 0 aliphatic rings. The Hall–Kier alpha value is -1.60. The fourth-order valence-corrected chi connectivity index (χ4v) is 2.57. The highest BCUT2D eigenvalue weighted by Crippen LogP contribution is 2.11. The van der Waals surface area contributed by atoms with Crippen molar-refractivity contribution in [2.45, 2.75) is 31.7 Å². The molecular weight excluding hydrogens is 276 g/mol. The molecule has 0 amide bonds. The molecule has 0 radical (unpaired) electrons. The Morgan fingerprint density at radius 2 is 1.90 bits per heavy atom. The molecular formula is C13H22N4O2S. The fraction of sp³-hybridized carbons (Fsp3) is 0.462. The average Bonchev–Trinajstić information content (AvgIpc) is 2.43. The van der Waals surface area contributed by atoms with Crippen molar-refractivity contribution in [2.24, 2.45) is 10.7 Å². The van der Waals surface area contributed by atoms with Gasteiger partial charge >= 0.3 is 0 Å². The van der Waals surface area contributed by atoms with Gasteiger partial charge in [-0.2, -0.15) is 0 Å². The molecule has 0 atom stereocenters. The molecule has 4 N–H and O–H groups in total. The summed E-state index contributed by atoms with van der Waals surface area (Å²) in [7, 11) is -3.39. The van der Waals surface area contributed by atoms with Crippen molar-refractivity contribution in [3.63, 3.8) is 0 Å². The van der Waals surface area contributed by atoms with Crippen molar-refractivity contribution in [1.29, 1.82) is 0 Å². The van der Waals surface area contributed by atoms with E-state index >= 15 is 0 Å². The topological polar surface area (TPSA) is 96.6 Å². The van der Waals surface area contributed by atoms with Gasteiger partial charge in [-0.1, -0.05) is 26.0 Å². The Morgan fingerprint density at radius 3 is 2.45 bits per heavy atom. The van der Waals surface area contributed by atoms with Gasteiger partial charge in [0.05, 0.1) is 11.4 Å². The molecule has 0 aliphatic heterocycles. The second-order valence-corrected chi connectivity index (χ2v) is 6.04. The van der Waals surface area contributed by atoms with Gasteiger partial charge in [0, 0.05) is 13.1 Å². The molecule has 1 aromatic carbocycles. The van der Waals surface area contributed by atoms with Gasteiger partial charge in [0.25, 0.3) is 0 Å². The lowest BCUT2D eigenvalue weighted by molar-refractivity contribution is 0.584. The van der Waals surface area contributed by atoms with Gasteiger partial charge in [0.15, 0.2) is 5.96 Å². The molecule has 1 rings (SSSR count). The lowest BCUT2D eigenvalue weighted by atomic mass is 10.2. The van der Waals surface area contributed by atoms with Crippen LogP contribution in [0.1, 0.15) is 25.8 Å². The molecule has 0 bridgehead atoms. The third-order valence-corrected chi connectivity index (χ3v) is 4.12. The van der Waals surface area contributed by atoms with E-state index in [1.807, 2.05) is 6.92 Å². The minimum atomic E-state index is -3.39. The zero-order valence-corrected chi connectivity index (χ0v) is 12.7. The maximum atomic E-state index is 11.8. The molecule has 0 spiro atoms. The number of rotatable bonds is 7. The van der Waals surface area contributed by atoms with Crippen molar-refractivity contribution < 1.29 is 8.42 Å². The van der Waals surface area contributed by atoms with E-state index < -0.39 is 10.0 Å². The van der Waals surface area contributed by atoms with E-state index in [-0.39, 0.29) is 4.90 Å². The Kier molecular flexibility index (Phi) is 6.47. The van der Waals surface area contributed by atoms with E-state index in [2.05, 4.69) is 15.0 Å². The minimum absolute atomic E-state index is 0.254. The second kappa shape index (κ2) is 7.86. The van der Waals surface area contributed by atoms with E-state index in [0.29, 0.717) is 19.0 Å². The summed E-state index contributed by atoms with van der Waals surface area (Å²) in [5, 5.41) is 2.98. The number of benzene rings is 1. The summed E-state index contributed by atoms with van der Waals surface area (Å²) < 4.78 is 26.0. The molecule has 6 nitrogen and oxygen atoms in total. The highest BCUT2D eigenvalue weighted by molar-refractivity contribution is 7.89. The van der Waals surface area contributed by atoms with Crippen LogP contribution in [-0.4, -0.2) is 27.5 Å². The molecule has 7 heteroatoms. The summed E-state index contributed by atoms with van der Waals surface area (Å²) in [6.45, 7) is 5.36. The summed E-state index contributed by atoms with van der Waals surface area (Å²) >= 11 is 0. The molecule has 0 aromatic heterocycles. The Balaban J connectivity index is 2.68. The quantitative estimate of drug-likeness (QED) is 0.512. The minimum Gasteiger partial charge on any atom is -0.370 e. The van der Waals surface area contributed by atoms with Crippen LogP contribution in [0.15, 0.2) is 34.2 Å². The van der Waals surface area contributed by atoms with E-state index in [0.717, 1.165) is 18.5 Å². The molecule has 20 heavy (non-hydrogen) atoms. The summed E-state index contributed by atoms with van der Waals surface area (Å²) in [5.41, 5.74) is 6.58. The summed E-state index contributed by atoms with van der Waals surface area (Å²) in [5.74, 6) is 0.399. The molecule has 0 saturated heterocycles. The molecule has 1 aromatic rings. The van der Waals surface area contributed by atoms with Crippen molar-refractivity contribution in [3.05, 3.63) is 29.8 Å². The van der Waals surface area contributed by atoms with Gasteiger partial charge in [-0.25, -0.2) is 18.1 Å². The van der Waals surface area contributed by atoms with Crippen molar-refractivity contribution in [2.75, 3.05) is 13.1 Å². The average molecular weight is 298 g/mol. The van der Waals surface area contributed by atoms with Crippen LogP contribution in [0.4, 0.5) is 0 Å². The van der Waals surface area contributed by atoms with Crippen molar-refractivity contribution in [3.8, 4) is 0 Å². The van der Waals surface area contributed by atoms with Crippen LogP contribution in [0.25, 0.3) is 0 Å². The first-order valence-corrected chi connectivity index (χ1v) is 8.10. The standard InChI is InChI=1S/C13H22N4O2S/c1-3-9-15-13(14)16-10-11-5-7-12(8-6-11)20(18,19)17-4-2/h5-8,17H,3-4,9-10H2,1-2H3,(H3,14,15,16). The molecule has 0 saturated carbocycles. The lowest BCUT2D eigenvalue weighted by Gasteiger charge is -2.06. The highest BCUT2D eigenvalue weighted by atomic mass is 32.2. The first-order valence-electron chi connectivity index (χ1n) is 6.62. The summed E-state index contributed by atoms with van der Waals surface area (Å²) in [6, 6.07) is 6.61. The fourth-order valence-electron chi connectivity index (χ4n) is 1.53. The zero-order valence-electron chi connectivity index (χ0n) is 11.9. The zero-order chi connectivity index (χ0) is 15.0. The monoisotopic (exact) mass is 298 g/mol. The van der Waals surface area contributed by atoms with Crippen LogP contribution in [0.3, 0.4) is 0 Å². The molecule has 0 aliphatic carbocycles. The number of hydrogen-bond acceptors (Lipinski definition) is 3. The first kappa shape index (κ1) is 16.5. The molecule has 0 fully saturated rings. The number of sulfonamides is 1. The Labute approximate surface area is 120 Å². The second-order valence-electron chi connectivity index (χ2n) is 4.27. The SMILES string of the molecule is CCCNC(N)=NCc1ccc(S(=O)(=O)NCC)cc1. The van der Waals surface area contributed by atoms with Crippen molar-refractivity contribution in [1.82, 2.24) is 10.0 Å². The third-order valence-electron chi connectivity index (χ3n) is 2.56. The van der Waals surface area contributed by atoms with Crippen LogP contribution in [-0.2, 0) is 16.6 Å². The lowest BCUT2D eigenvalue weighted by Crippen LogP contribution is -2.32. The van der Waals surface area contributed by atoms with Gasteiger partial charge in [-0.15, -0.1) is 0 Å². The number of hydrogen-bond donors (Lipinski definition) is 3. The molecule has 0 heterocycles. The van der Waals surface area contributed by atoms with Crippen LogP contribution in [0.2, 0.25) is 0 Å². The van der Waals surface area contributed by atoms with E-state index in [1.54, 1.807) is 31.2 Å². The number of nitrogens with zero attached hydrogens (tertiary/aromatic N) is 1. The predicted molar refractivity (Wildman–Crippen MR) is 80.9 cm³/mol. The molecule has 112 valence electrons. The van der Waals surface area contributed by atoms with Crippen LogP contribution >= 0.6 is 0 Å². The van der Waals surface area contributed by atoms with Gasteiger partial charge in [0.1, 0.15) is 0 Å². The van der Waals surface area contributed by atoms with E-state index in [4.69, 9.17) is 5.73 Å². The largest absolute Gasteiger partial charge is 0.370 e. The van der Waals surface area contributed by atoms with Crippen LogP contribution in [0.5, 0.6) is 0 Å². The predicted octanol–water partition coefficient (Wildman–Crippen LogP) is 0.799. The smallest absolute Gasteiger partial charge is 0.240 e. The Morgan fingerprint density at radius 1 is 1.25 bits per heavy atom. The summed E-state index contributed by atoms with van der Waals surface area (Å²) in [6.07, 6.45) is 0.979. The normalized spacial score (nSPS) is 12.4. The van der Waals surface area contributed by atoms with Gasteiger partial charge in [-0.05, 0) is 24.1 Å². The van der Waals surface area contributed by atoms with E-state index in [1.165, 1.54) is 0 Å². The number of aliphatic imine (C=N–C) groups is 1. The van der Waals surface area contributed by atoms with Crippen molar-refractivity contribution >= 4 is 16.0 Å². The first-order chi connectivity index (χ1) is 9.49. The number of nitrogens with one attached hydrogen (secondary N) is 2. The summed E-state index contributed by atoms with van der Waals surface area (Å²) in [4.78, 5) is 4.43. The highest BCUT2D eigenvalue weighted by Gasteiger charge is 2.11. The maximum Gasteiger partial charge on any atom is 0.240 e. The number of guanidine groups is 1. The van der Waals surface area contributed by atoms with Gasteiger partial charge in [0.2, 0.25) is 10.0 Å². The van der Waals surface area contributed by atoms with Crippen LogP contribution in [0, 0.1) is 0 Å².